The summed E-state index contributed by atoms with van der Waals surface area (Å²) in [4.78, 5) is 40.5. The quantitative estimate of drug-likeness (QED) is 0.607. The lowest BCUT2D eigenvalue weighted by atomic mass is 9.88. The third-order valence-electron chi connectivity index (χ3n) is 6.02. The third kappa shape index (κ3) is 6.00. The minimum atomic E-state index is -0.699. The highest BCUT2D eigenvalue weighted by atomic mass is 16.5. The van der Waals surface area contributed by atoms with Gasteiger partial charge >= 0.3 is 0 Å². The standard InChI is InChI=1S/C26H31N3O4/c1-4-15-27-25(31)23(28-24(30)20-9-11-21(33-3)12-10-20)19-13-16-29(17-14-19)26(32)22-8-6-5-7-18(22)2/h4-12,19,23H,1,13-17H2,2-3H3,(H,27,31)(H,28,30). The number of methoxy groups -OCH3 is 1. The number of hydrogen-bond donors (Lipinski definition) is 2. The molecule has 1 saturated heterocycles. The van der Waals surface area contributed by atoms with Crippen LogP contribution in [0.25, 0.3) is 0 Å². The minimum absolute atomic E-state index is 0.00137. The van der Waals surface area contributed by atoms with E-state index in [4.69, 9.17) is 4.74 Å². The highest BCUT2D eigenvalue weighted by molar-refractivity contribution is 5.98. The van der Waals surface area contributed by atoms with Crippen LogP contribution in [0.1, 0.15) is 39.1 Å². The van der Waals surface area contributed by atoms with Crippen LogP contribution in [-0.2, 0) is 4.79 Å². The average Bonchev–Trinajstić information content (AvgIpc) is 2.85. The minimum Gasteiger partial charge on any atom is -0.497 e. The summed E-state index contributed by atoms with van der Waals surface area (Å²) in [7, 11) is 1.56. The second-order valence-electron chi connectivity index (χ2n) is 8.16. The highest BCUT2D eigenvalue weighted by Crippen LogP contribution is 2.24. The molecule has 0 aliphatic carbocycles. The molecule has 3 rings (SSSR count). The van der Waals surface area contributed by atoms with Gasteiger partial charge in [-0.2, -0.15) is 0 Å². The van der Waals surface area contributed by atoms with Gasteiger partial charge in [0.25, 0.3) is 11.8 Å². The van der Waals surface area contributed by atoms with Gasteiger partial charge < -0.3 is 20.3 Å². The lowest BCUT2D eigenvalue weighted by molar-refractivity contribution is -0.124. The maximum absolute atomic E-state index is 12.9. The van der Waals surface area contributed by atoms with Crippen LogP contribution in [0.2, 0.25) is 0 Å². The molecule has 0 aromatic heterocycles. The first kappa shape index (κ1) is 24.0. The molecule has 2 N–H and O–H groups in total. The number of aryl methyl sites for hydroxylation is 1. The van der Waals surface area contributed by atoms with E-state index in [0.717, 1.165) is 5.56 Å². The van der Waals surface area contributed by atoms with Crippen LogP contribution >= 0.6 is 0 Å². The normalized spacial score (nSPS) is 14.8. The molecule has 2 aromatic rings. The van der Waals surface area contributed by atoms with E-state index in [0.29, 0.717) is 49.4 Å². The first-order chi connectivity index (χ1) is 15.9. The maximum atomic E-state index is 12.9. The third-order valence-corrected chi connectivity index (χ3v) is 6.02. The molecule has 2 aromatic carbocycles. The van der Waals surface area contributed by atoms with Crippen molar-refractivity contribution in [1.82, 2.24) is 15.5 Å². The maximum Gasteiger partial charge on any atom is 0.254 e. The molecule has 0 bridgehead atoms. The van der Waals surface area contributed by atoms with Gasteiger partial charge in [0.05, 0.1) is 7.11 Å². The molecule has 3 amide bonds. The van der Waals surface area contributed by atoms with E-state index in [1.807, 2.05) is 36.1 Å². The Morgan fingerprint density at radius 2 is 1.79 bits per heavy atom. The zero-order valence-electron chi connectivity index (χ0n) is 19.2. The van der Waals surface area contributed by atoms with Gasteiger partial charge in [0.1, 0.15) is 11.8 Å². The van der Waals surface area contributed by atoms with Crippen LogP contribution in [0.4, 0.5) is 0 Å². The molecule has 1 unspecified atom stereocenters. The molecule has 0 spiro atoms. The van der Waals surface area contributed by atoms with Crippen molar-refractivity contribution in [2.45, 2.75) is 25.8 Å². The highest BCUT2D eigenvalue weighted by Gasteiger charge is 2.34. The number of nitrogens with zero attached hydrogens (tertiary/aromatic N) is 1. The smallest absolute Gasteiger partial charge is 0.254 e. The van der Waals surface area contributed by atoms with Gasteiger partial charge in [-0.1, -0.05) is 24.3 Å². The number of rotatable bonds is 8. The molecular weight excluding hydrogens is 418 g/mol. The topological polar surface area (TPSA) is 87.7 Å². The summed E-state index contributed by atoms with van der Waals surface area (Å²) in [6, 6.07) is 13.6. The Kier molecular flexibility index (Phi) is 8.24. The van der Waals surface area contributed by atoms with Crippen molar-refractivity contribution >= 4 is 17.7 Å². The fraction of sp³-hybridized carbons (Fsp3) is 0.346. The lowest BCUT2D eigenvalue weighted by Gasteiger charge is -2.36. The molecule has 7 nitrogen and oxygen atoms in total. The number of hydrogen-bond acceptors (Lipinski definition) is 4. The molecule has 1 heterocycles. The number of likely N-dealkylation sites (tertiary alicyclic amines) is 1. The fourth-order valence-corrected chi connectivity index (χ4v) is 4.07. The molecule has 7 heteroatoms. The van der Waals surface area contributed by atoms with Gasteiger partial charge in [0.15, 0.2) is 0 Å². The Hall–Kier alpha value is -3.61. The van der Waals surface area contributed by atoms with E-state index < -0.39 is 6.04 Å². The summed E-state index contributed by atoms with van der Waals surface area (Å²) in [5, 5.41) is 5.70. The van der Waals surface area contributed by atoms with E-state index in [-0.39, 0.29) is 23.6 Å². The van der Waals surface area contributed by atoms with Gasteiger partial charge in [0.2, 0.25) is 5.91 Å². The first-order valence-electron chi connectivity index (χ1n) is 11.1. The summed E-state index contributed by atoms with van der Waals surface area (Å²) in [5.41, 5.74) is 2.09. The van der Waals surface area contributed by atoms with Crippen LogP contribution in [-0.4, -0.2) is 55.4 Å². The van der Waals surface area contributed by atoms with Crippen molar-refractivity contribution in [2.75, 3.05) is 26.7 Å². The zero-order chi connectivity index (χ0) is 23.8. The largest absolute Gasteiger partial charge is 0.497 e. The predicted molar refractivity (Wildman–Crippen MR) is 127 cm³/mol. The molecule has 0 radical (unpaired) electrons. The Morgan fingerprint density at radius 3 is 2.39 bits per heavy atom. The number of carbonyl (C=O) groups excluding carboxylic acids is 3. The Labute approximate surface area is 194 Å². The van der Waals surface area contributed by atoms with Crippen LogP contribution in [0.3, 0.4) is 0 Å². The average molecular weight is 450 g/mol. The lowest BCUT2D eigenvalue weighted by Crippen LogP contribution is -2.53. The molecule has 1 aliphatic heterocycles. The number of amides is 3. The van der Waals surface area contributed by atoms with Crippen molar-refractivity contribution in [3.63, 3.8) is 0 Å². The molecule has 0 saturated carbocycles. The van der Waals surface area contributed by atoms with Gasteiger partial charge in [-0.3, -0.25) is 14.4 Å². The van der Waals surface area contributed by atoms with E-state index in [1.165, 1.54) is 0 Å². The van der Waals surface area contributed by atoms with Gasteiger partial charge in [-0.05, 0) is 61.6 Å². The molecular formula is C26H31N3O4. The summed E-state index contributed by atoms with van der Waals surface area (Å²) in [6.45, 7) is 6.94. The van der Waals surface area contributed by atoms with E-state index in [2.05, 4.69) is 17.2 Å². The number of ether oxygens (including phenoxy) is 1. The molecule has 1 aliphatic rings. The van der Waals surface area contributed by atoms with Crippen molar-refractivity contribution in [3.8, 4) is 5.75 Å². The van der Waals surface area contributed by atoms with Gasteiger partial charge in [0, 0.05) is 30.8 Å². The Balaban J connectivity index is 1.69. The molecule has 1 atom stereocenters. The van der Waals surface area contributed by atoms with Crippen molar-refractivity contribution in [1.29, 1.82) is 0 Å². The monoisotopic (exact) mass is 449 g/mol. The summed E-state index contributed by atoms with van der Waals surface area (Å²) >= 11 is 0. The SMILES string of the molecule is C=CCNC(=O)C(NC(=O)c1ccc(OC)cc1)C1CCN(C(=O)c2ccccc2C)CC1. The summed E-state index contributed by atoms with van der Waals surface area (Å²) in [6.07, 6.45) is 2.84. The summed E-state index contributed by atoms with van der Waals surface area (Å²) < 4.78 is 5.14. The van der Waals surface area contributed by atoms with Crippen molar-refractivity contribution in [3.05, 3.63) is 77.9 Å². The molecule has 174 valence electrons. The predicted octanol–water partition coefficient (Wildman–Crippen LogP) is 2.96. The van der Waals surface area contributed by atoms with Crippen molar-refractivity contribution < 1.29 is 19.1 Å². The van der Waals surface area contributed by atoms with Crippen molar-refractivity contribution in [2.24, 2.45) is 5.92 Å². The Bertz CT molecular complexity index is 995. The van der Waals surface area contributed by atoms with Crippen LogP contribution < -0.4 is 15.4 Å². The second-order valence-corrected chi connectivity index (χ2v) is 8.16. The second kappa shape index (κ2) is 11.3. The summed E-state index contributed by atoms with van der Waals surface area (Å²) in [5.74, 6) is -0.00723. The van der Waals surface area contributed by atoms with Crippen LogP contribution in [0.5, 0.6) is 5.75 Å². The van der Waals surface area contributed by atoms with Gasteiger partial charge in [-0.15, -0.1) is 6.58 Å². The zero-order valence-corrected chi connectivity index (χ0v) is 19.2. The van der Waals surface area contributed by atoms with Crippen LogP contribution in [0, 0.1) is 12.8 Å². The van der Waals surface area contributed by atoms with E-state index >= 15 is 0 Å². The van der Waals surface area contributed by atoms with E-state index in [1.54, 1.807) is 37.5 Å². The first-order valence-corrected chi connectivity index (χ1v) is 11.1. The number of piperidine rings is 1. The van der Waals surface area contributed by atoms with Gasteiger partial charge in [-0.25, -0.2) is 0 Å². The Morgan fingerprint density at radius 1 is 1.12 bits per heavy atom. The fourth-order valence-electron chi connectivity index (χ4n) is 4.07. The number of benzene rings is 2. The van der Waals surface area contributed by atoms with Crippen LogP contribution in [0.15, 0.2) is 61.2 Å². The van der Waals surface area contributed by atoms with E-state index in [9.17, 15) is 14.4 Å². The molecule has 1 fully saturated rings. The number of carbonyl (C=O) groups is 3. The molecule has 33 heavy (non-hydrogen) atoms. The number of nitrogens with one attached hydrogen (secondary N) is 2.